The standard InChI is InChI=1S/C22H16N4O2S/c27-20(9-10-21-25-26-22(28-21)17-11-13-29-15-17)24-19-6-3-4-16(14-19)7-8-18-5-1-2-12-23-18/h1-6,11-15H,9-10H2,(H,24,27). The third kappa shape index (κ3) is 5.15. The molecule has 1 aromatic carbocycles. The second-order valence-electron chi connectivity index (χ2n) is 6.11. The highest BCUT2D eigenvalue weighted by Gasteiger charge is 2.11. The Labute approximate surface area is 171 Å². The summed E-state index contributed by atoms with van der Waals surface area (Å²) in [6, 6.07) is 14.9. The van der Waals surface area contributed by atoms with Crippen LogP contribution in [0.15, 0.2) is 69.9 Å². The summed E-state index contributed by atoms with van der Waals surface area (Å²) in [5.74, 6) is 6.84. The number of anilines is 1. The van der Waals surface area contributed by atoms with Gasteiger partial charge in [0.1, 0.15) is 5.69 Å². The summed E-state index contributed by atoms with van der Waals surface area (Å²) in [6.45, 7) is 0. The van der Waals surface area contributed by atoms with Gasteiger partial charge in [-0.25, -0.2) is 4.98 Å². The highest BCUT2D eigenvalue weighted by Crippen LogP contribution is 2.21. The van der Waals surface area contributed by atoms with E-state index in [1.807, 2.05) is 59.3 Å². The fraction of sp³-hybridized carbons (Fsp3) is 0.0909. The number of nitrogens with zero attached hydrogens (tertiary/aromatic N) is 3. The fourth-order valence-electron chi connectivity index (χ4n) is 2.55. The van der Waals surface area contributed by atoms with Crippen molar-refractivity contribution in [2.75, 3.05) is 5.32 Å². The van der Waals surface area contributed by atoms with Crippen LogP contribution < -0.4 is 5.32 Å². The monoisotopic (exact) mass is 400 g/mol. The molecule has 0 aliphatic heterocycles. The van der Waals surface area contributed by atoms with E-state index in [0.29, 0.717) is 29.6 Å². The Bertz CT molecular complexity index is 1160. The topological polar surface area (TPSA) is 80.9 Å². The number of aromatic nitrogens is 3. The summed E-state index contributed by atoms with van der Waals surface area (Å²) < 4.78 is 5.60. The molecule has 0 saturated carbocycles. The summed E-state index contributed by atoms with van der Waals surface area (Å²) in [7, 11) is 0. The minimum atomic E-state index is -0.130. The predicted octanol–water partition coefficient (Wildman–Crippen LogP) is 4.16. The molecular weight excluding hydrogens is 384 g/mol. The maximum Gasteiger partial charge on any atom is 0.248 e. The minimum absolute atomic E-state index is 0.130. The molecule has 0 unspecified atom stereocenters. The predicted molar refractivity (Wildman–Crippen MR) is 111 cm³/mol. The van der Waals surface area contributed by atoms with Crippen LogP contribution in [0.1, 0.15) is 23.6 Å². The zero-order chi connectivity index (χ0) is 19.9. The number of amides is 1. The van der Waals surface area contributed by atoms with Crippen molar-refractivity contribution in [3.05, 3.63) is 82.6 Å². The number of aryl methyl sites for hydroxylation is 1. The van der Waals surface area contributed by atoms with E-state index in [4.69, 9.17) is 4.42 Å². The van der Waals surface area contributed by atoms with E-state index in [-0.39, 0.29) is 12.3 Å². The van der Waals surface area contributed by atoms with E-state index in [0.717, 1.165) is 11.1 Å². The summed E-state index contributed by atoms with van der Waals surface area (Å²) >= 11 is 1.56. The molecule has 1 N–H and O–H groups in total. The van der Waals surface area contributed by atoms with E-state index in [2.05, 4.69) is 32.3 Å². The lowest BCUT2D eigenvalue weighted by Gasteiger charge is -2.04. The number of hydrogen-bond acceptors (Lipinski definition) is 6. The number of nitrogens with one attached hydrogen (secondary N) is 1. The fourth-order valence-corrected chi connectivity index (χ4v) is 3.18. The Balaban J connectivity index is 1.33. The van der Waals surface area contributed by atoms with Crippen molar-refractivity contribution in [3.63, 3.8) is 0 Å². The van der Waals surface area contributed by atoms with Gasteiger partial charge in [-0.05, 0) is 47.7 Å². The average Bonchev–Trinajstić information content (AvgIpc) is 3.44. The molecule has 1 amide bonds. The van der Waals surface area contributed by atoms with E-state index in [1.54, 1.807) is 17.5 Å². The maximum absolute atomic E-state index is 12.3. The van der Waals surface area contributed by atoms with Crippen molar-refractivity contribution in [2.45, 2.75) is 12.8 Å². The first kappa shape index (κ1) is 18.6. The first-order chi connectivity index (χ1) is 14.3. The summed E-state index contributed by atoms with van der Waals surface area (Å²) in [6.07, 6.45) is 2.32. The van der Waals surface area contributed by atoms with Gasteiger partial charge in [-0.3, -0.25) is 4.79 Å². The Kier molecular flexibility index (Phi) is 5.74. The van der Waals surface area contributed by atoms with Crippen LogP contribution in [0, 0.1) is 11.8 Å². The minimum Gasteiger partial charge on any atom is -0.421 e. The van der Waals surface area contributed by atoms with Gasteiger partial charge in [0.05, 0.1) is 0 Å². The van der Waals surface area contributed by atoms with Gasteiger partial charge < -0.3 is 9.73 Å². The number of hydrogen-bond donors (Lipinski definition) is 1. The number of pyridine rings is 1. The van der Waals surface area contributed by atoms with Gasteiger partial charge in [-0.15, -0.1) is 10.2 Å². The van der Waals surface area contributed by atoms with Crippen molar-refractivity contribution < 1.29 is 9.21 Å². The molecule has 0 spiro atoms. The molecule has 0 saturated heterocycles. The summed E-state index contributed by atoms with van der Waals surface area (Å²) in [5, 5.41) is 14.8. The van der Waals surface area contributed by atoms with Crippen LogP contribution >= 0.6 is 11.3 Å². The number of thiophene rings is 1. The Morgan fingerprint density at radius 3 is 2.90 bits per heavy atom. The lowest BCUT2D eigenvalue weighted by Crippen LogP contribution is -2.12. The largest absolute Gasteiger partial charge is 0.421 e. The number of carbonyl (C=O) groups excluding carboxylic acids is 1. The van der Waals surface area contributed by atoms with Crippen LogP contribution in [-0.4, -0.2) is 21.1 Å². The van der Waals surface area contributed by atoms with E-state index < -0.39 is 0 Å². The van der Waals surface area contributed by atoms with E-state index in [9.17, 15) is 4.79 Å². The van der Waals surface area contributed by atoms with E-state index in [1.165, 1.54) is 0 Å². The highest BCUT2D eigenvalue weighted by molar-refractivity contribution is 7.08. The van der Waals surface area contributed by atoms with Crippen molar-refractivity contribution in [1.82, 2.24) is 15.2 Å². The zero-order valence-corrected chi connectivity index (χ0v) is 16.1. The molecule has 7 heteroatoms. The second-order valence-corrected chi connectivity index (χ2v) is 6.89. The van der Waals surface area contributed by atoms with Crippen LogP contribution in [-0.2, 0) is 11.2 Å². The van der Waals surface area contributed by atoms with Gasteiger partial charge in [-0.2, -0.15) is 11.3 Å². The highest BCUT2D eigenvalue weighted by atomic mass is 32.1. The molecule has 0 fully saturated rings. The molecule has 4 aromatic rings. The van der Waals surface area contributed by atoms with Gasteiger partial charge >= 0.3 is 0 Å². The SMILES string of the molecule is O=C(CCc1nnc(-c2ccsc2)o1)Nc1cccc(C#Cc2ccccn2)c1. The van der Waals surface area contributed by atoms with Crippen molar-refractivity contribution >= 4 is 22.9 Å². The Hall–Kier alpha value is -3.76. The van der Waals surface area contributed by atoms with Crippen LogP contribution in [0.3, 0.4) is 0 Å². The summed E-state index contributed by atoms with van der Waals surface area (Å²) in [5.41, 5.74) is 3.07. The number of carbonyl (C=O) groups is 1. The molecule has 3 heterocycles. The summed E-state index contributed by atoms with van der Waals surface area (Å²) in [4.78, 5) is 16.4. The molecule has 6 nitrogen and oxygen atoms in total. The molecular formula is C22H16N4O2S. The lowest BCUT2D eigenvalue weighted by atomic mass is 10.2. The molecule has 4 rings (SSSR count). The van der Waals surface area contributed by atoms with Crippen LogP contribution in [0.4, 0.5) is 5.69 Å². The Morgan fingerprint density at radius 1 is 1.10 bits per heavy atom. The van der Waals surface area contributed by atoms with Crippen molar-refractivity contribution in [2.24, 2.45) is 0 Å². The van der Waals surface area contributed by atoms with Crippen molar-refractivity contribution in [3.8, 4) is 23.3 Å². The maximum atomic E-state index is 12.3. The third-order valence-electron chi connectivity index (χ3n) is 3.95. The zero-order valence-electron chi connectivity index (χ0n) is 15.3. The van der Waals surface area contributed by atoms with Gasteiger partial charge in [0.2, 0.25) is 17.7 Å². The molecule has 0 aliphatic rings. The third-order valence-corrected chi connectivity index (χ3v) is 4.63. The first-order valence-corrected chi connectivity index (χ1v) is 9.88. The molecule has 29 heavy (non-hydrogen) atoms. The van der Waals surface area contributed by atoms with Gasteiger partial charge in [0.25, 0.3) is 0 Å². The second kappa shape index (κ2) is 8.95. The number of rotatable bonds is 5. The van der Waals surface area contributed by atoms with Crippen LogP contribution in [0.2, 0.25) is 0 Å². The Morgan fingerprint density at radius 2 is 2.07 bits per heavy atom. The van der Waals surface area contributed by atoms with Gasteiger partial charge in [0, 0.05) is 41.2 Å². The molecule has 0 bridgehead atoms. The average molecular weight is 400 g/mol. The van der Waals surface area contributed by atoms with Crippen molar-refractivity contribution in [1.29, 1.82) is 0 Å². The quantitative estimate of drug-likeness (QED) is 0.509. The lowest BCUT2D eigenvalue weighted by molar-refractivity contribution is -0.116. The van der Waals surface area contributed by atoms with Gasteiger partial charge in [0.15, 0.2) is 0 Å². The number of benzene rings is 1. The molecule has 0 radical (unpaired) electrons. The molecule has 0 atom stereocenters. The smallest absolute Gasteiger partial charge is 0.248 e. The first-order valence-electron chi connectivity index (χ1n) is 8.94. The normalized spacial score (nSPS) is 10.2. The van der Waals surface area contributed by atoms with Crippen LogP contribution in [0.25, 0.3) is 11.5 Å². The van der Waals surface area contributed by atoms with Gasteiger partial charge in [-0.1, -0.05) is 18.1 Å². The molecule has 0 aliphatic carbocycles. The molecule has 3 aromatic heterocycles. The molecule has 142 valence electrons. The van der Waals surface area contributed by atoms with Crippen LogP contribution in [0.5, 0.6) is 0 Å². The van der Waals surface area contributed by atoms with E-state index >= 15 is 0 Å².